The Bertz CT molecular complexity index is 1480. The Hall–Kier alpha value is -3.02. The van der Waals surface area contributed by atoms with E-state index in [-0.39, 0.29) is 43.8 Å². The van der Waals surface area contributed by atoms with Crippen LogP contribution in [0.5, 0.6) is 0 Å². The van der Waals surface area contributed by atoms with E-state index in [2.05, 4.69) is 39.2 Å². The van der Waals surface area contributed by atoms with E-state index in [9.17, 15) is 13.6 Å². The van der Waals surface area contributed by atoms with Crippen LogP contribution in [0.25, 0.3) is 22.8 Å². The van der Waals surface area contributed by atoms with Crippen molar-refractivity contribution >= 4 is 0 Å². The Labute approximate surface area is 203 Å². The number of halogens is 3. The van der Waals surface area contributed by atoms with Crippen LogP contribution < -0.4 is 26.9 Å². The van der Waals surface area contributed by atoms with Gasteiger partial charge >= 0.3 is 204 Å². The van der Waals surface area contributed by atoms with Crippen LogP contribution in [0.2, 0.25) is 0 Å². The van der Waals surface area contributed by atoms with Gasteiger partial charge in [-0.25, -0.2) is 0 Å². The molecule has 2 atom stereocenters. The number of nitrogens with zero attached hydrogens (tertiary/aromatic N) is 4. The molecule has 1 saturated heterocycles. The molecule has 1 aromatic carbocycles. The minimum atomic E-state index is -0.654. The fraction of sp³-hybridized carbons (Fsp3) is 0.292. The summed E-state index contributed by atoms with van der Waals surface area (Å²) in [6.07, 6.45) is 0. The average molecular weight is 573 g/mol. The number of alkyl halides is 2. The number of aromatic amines is 2. The maximum atomic E-state index is 14.5. The summed E-state index contributed by atoms with van der Waals surface area (Å²) < 4.78 is 31.0. The van der Waals surface area contributed by atoms with E-state index in [0.29, 0.717) is 11.5 Å². The van der Waals surface area contributed by atoms with Gasteiger partial charge in [0.1, 0.15) is 0 Å². The fourth-order valence-electron chi connectivity index (χ4n) is 5.39. The van der Waals surface area contributed by atoms with Crippen LogP contribution >= 0.6 is 0 Å². The number of aromatic nitrogens is 6. The summed E-state index contributed by atoms with van der Waals surface area (Å²) in [5, 5.41) is 15.3. The van der Waals surface area contributed by atoms with E-state index in [1.54, 1.807) is 6.07 Å². The summed E-state index contributed by atoms with van der Waals surface area (Å²) in [4.78, 5) is 19.2. The van der Waals surface area contributed by atoms with Crippen LogP contribution in [0, 0.1) is 17.0 Å². The molecule has 10 heteroatoms. The molecule has 0 spiro atoms. The number of nitrogens with one attached hydrogen (secondary N) is 2. The van der Waals surface area contributed by atoms with Crippen molar-refractivity contribution in [1.29, 1.82) is 0 Å². The summed E-state index contributed by atoms with van der Waals surface area (Å²) in [5.41, 5.74) is 2.19. The number of H-pyrrole nitrogens is 2. The second-order valence-electron chi connectivity index (χ2n) is 9.22. The molecule has 1 aliphatic carbocycles. The molecule has 6 rings (SSSR count). The van der Waals surface area contributed by atoms with Crippen molar-refractivity contribution in [3.63, 3.8) is 0 Å². The van der Waals surface area contributed by atoms with Crippen LogP contribution in [0.4, 0.5) is 8.78 Å². The second-order valence-corrected chi connectivity index (χ2v) is 11.9. The van der Waals surface area contributed by atoms with E-state index < -0.39 is 22.7 Å². The molecule has 174 valence electrons. The fourth-order valence-corrected chi connectivity index (χ4v) is 10.4. The normalized spacial score (nSPS) is 22.8. The third-order valence-electron chi connectivity index (χ3n) is 7.28. The average Bonchev–Trinajstić information content (AvgIpc) is 3.25. The summed E-state index contributed by atoms with van der Waals surface area (Å²) in [5.74, 6) is -0.750. The zero-order valence-corrected chi connectivity index (χ0v) is 20.5. The Balaban J connectivity index is 1.56. The minimum absolute atomic E-state index is 0.150. The molecule has 0 unspecified atom stereocenters. The standard InChI is InChI=1S/C24H20F2IN6O/c1-23(2)13-10-27-11-24(23,18-8-4-7-16(28-18)21-29-22(34)33-32-21)20-12(13)9-17(30-31-20)19-14(25)5-3-6-15(19)26/h3-9,13H,10-11H2,1-2H3,(H2,29,32,33,34)/q-1/t13-,24-/m0/s1. The maximum absolute atomic E-state index is 14.5. The summed E-state index contributed by atoms with van der Waals surface area (Å²) in [6.45, 7) is 4.44. The van der Waals surface area contributed by atoms with Crippen molar-refractivity contribution in [2.45, 2.75) is 25.2 Å². The molecule has 2 N–H and O–H groups in total. The number of fused-ring (bicyclic) bond motifs is 5. The van der Waals surface area contributed by atoms with E-state index in [0.717, 1.165) is 25.8 Å². The molecular weight excluding hydrogens is 553 g/mol. The van der Waals surface area contributed by atoms with Crippen molar-refractivity contribution in [3.8, 4) is 22.8 Å². The van der Waals surface area contributed by atoms with Crippen LogP contribution in [0.15, 0.2) is 47.3 Å². The van der Waals surface area contributed by atoms with Gasteiger partial charge in [0, 0.05) is 0 Å². The van der Waals surface area contributed by atoms with Crippen molar-refractivity contribution < 1.29 is 30.0 Å². The van der Waals surface area contributed by atoms with Crippen molar-refractivity contribution in [1.82, 2.24) is 30.4 Å². The van der Waals surface area contributed by atoms with Crippen molar-refractivity contribution in [3.05, 3.63) is 81.5 Å². The first-order valence-corrected chi connectivity index (χ1v) is 13.9. The van der Waals surface area contributed by atoms with Gasteiger partial charge in [0.05, 0.1) is 0 Å². The van der Waals surface area contributed by atoms with E-state index in [1.807, 2.05) is 18.2 Å². The zero-order valence-electron chi connectivity index (χ0n) is 18.4. The molecule has 0 saturated carbocycles. The molecule has 1 fully saturated rings. The van der Waals surface area contributed by atoms with E-state index >= 15 is 0 Å². The number of rotatable bonds is 3. The first-order chi connectivity index (χ1) is 16.3. The first kappa shape index (κ1) is 21.5. The third-order valence-corrected chi connectivity index (χ3v) is 10.5. The van der Waals surface area contributed by atoms with Crippen LogP contribution in [0.3, 0.4) is 0 Å². The molecule has 2 aliphatic rings. The number of pyridine rings is 1. The SMILES string of the molecule is CC1(C)[C@H]2C[I-]C[C@]1(c1cccc(-c3n[nH]c(=O)[nH]3)n1)c1nnc(-c3c(F)cccc3F)cc12. The Morgan fingerprint density at radius 1 is 1.06 bits per heavy atom. The zero-order chi connectivity index (χ0) is 23.7. The molecule has 7 nitrogen and oxygen atoms in total. The van der Waals surface area contributed by atoms with Crippen molar-refractivity contribution in [2.75, 3.05) is 8.86 Å². The molecule has 0 radical (unpaired) electrons. The topological polar surface area (TPSA) is 100 Å². The van der Waals surface area contributed by atoms with Gasteiger partial charge in [0.2, 0.25) is 0 Å². The number of hydrogen-bond donors (Lipinski definition) is 2. The van der Waals surface area contributed by atoms with Gasteiger partial charge in [-0.15, -0.1) is 0 Å². The van der Waals surface area contributed by atoms with Gasteiger partial charge in [-0.05, 0) is 0 Å². The number of hydrogen-bond acceptors (Lipinski definition) is 5. The van der Waals surface area contributed by atoms with Gasteiger partial charge in [-0.1, -0.05) is 0 Å². The monoisotopic (exact) mass is 573 g/mol. The molecule has 3 aromatic heterocycles. The predicted molar refractivity (Wildman–Crippen MR) is 117 cm³/mol. The van der Waals surface area contributed by atoms with Crippen LogP contribution in [-0.4, -0.2) is 39.2 Å². The van der Waals surface area contributed by atoms with Gasteiger partial charge < -0.3 is 0 Å². The van der Waals surface area contributed by atoms with E-state index in [1.165, 1.54) is 18.2 Å². The molecule has 34 heavy (non-hydrogen) atoms. The Kier molecular flexibility index (Phi) is 4.74. The molecule has 4 aromatic rings. The van der Waals surface area contributed by atoms with Crippen molar-refractivity contribution in [2.24, 2.45) is 5.41 Å². The van der Waals surface area contributed by atoms with Crippen LogP contribution in [0.1, 0.15) is 36.7 Å². The second kappa shape index (κ2) is 7.49. The Morgan fingerprint density at radius 2 is 1.82 bits per heavy atom. The quantitative estimate of drug-likeness (QED) is 0.273. The Morgan fingerprint density at radius 3 is 2.56 bits per heavy atom. The van der Waals surface area contributed by atoms with Gasteiger partial charge in [-0.3, -0.25) is 0 Å². The summed E-state index contributed by atoms with van der Waals surface area (Å²) in [7, 11) is 0. The molecule has 4 heterocycles. The predicted octanol–water partition coefficient (Wildman–Crippen LogP) is 0.407. The van der Waals surface area contributed by atoms with Gasteiger partial charge in [0.25, 0.3) is 0 Å². The van der Waals surface area contributed by atoms with Gasteiger partial charge in [-0.2, -0.15) is 0 Å². The summed E-state index contributed by atoms with van der Waals surface area (Å²) in [6, 6.07) is 11.3. The molecular formula is C24H20F2IN6O-. The summed E-state index contributed by atoms with van der Waals surface area (Å²) >= 11 is -0.161. The van der Waals surface area contributed by atoms with E-state index in [4.69, 9.17) is 4.98 Å². The first-order valence-electron chi connectivity index (χ1n) is 10.8. The third kappa shape index (κ3) is 2.87. The molecule has 2 bridgehead atoms. The molecule has 0 amide bonds. The number of benzene rings is 1. The molecule has 1 aliphatic heterocycles. The van der Waals surface area contributed by atoms with Crippen LogP contribution in [-0.2, 0) is 5.41 Å². The van der Waals surface area contributed by atoms with Gasteiger partial charge in [0.15, 0.2) is 0 Å².